The summed E-state index contributed by atoms with van der Waals surface area (Å²) in [7, 11) is 0. The molecule has 0 saturated carbocycles. The third-order valence-corrected chi connectivity index (χ3v) is 2.38. The van der Waals surface area contributed by atoms with Crippen LogP contribution in [0.5, 0.6) is 0 Å². The number of benzene rings is 1. The van der Waals surface area contributed by atoms with Gasteiger partial charge in [0.25, 0.3) is 0 Å². The van der Waals surface area contributed by atoms with Gasteiger partial charge >= 0.3 is 0 Å². The summed E-state index contributed by atoms with van der Waals surface area (Å²) in [6, 6.07) is 10.6. The van der Waals surface area contributed by atoms with Gasteiger partial charge in [0.2, 0.25) is 0 Å². The maximum atomic E-state index is 3.46. The highest BCUT2D eigenvalue weighted by molar-refractivity contribution is 5.85. The molecule has 1 nitrogen and oxygen atoms in total. The summed E-state index contributed by atoms with van der Waals surface area (Å²) in [5.74, 6) is 0. The van der Waals surface area contributed by atoms with Crippen molar-refractivity contribution < 1.29 is 0 Å². The van der Waals surface area contributed by atoms with Gasteiger partial charge in [-0.05, 0) is 18.5 Å². The Labute approximate surface area is 99.7 Å². The second-order valence-electron chi connectivity index (χ2n) is 3.72. The van der Waals surface area contributed by atoms with Gasteiger partial charge in [0, 0.05) is 6.54 Å². The predicted octanol–water partition coefficient (Wildman–Crippen LogP) is 3.78. The second kappa shape index (κ2) is 10.0. The number of unbranched alkanes of at least 4 members (excludes halogenated alkanes) is 3. The Morgan fingerprint density at radius 3 is 2.40 bits per heavy atom. The first-order chi connectivity index (χ1) is 6.93. The van der Waals surface area contributed by atoms with E-state index in [0.717, 1.165) is 13.1 Å². The molecule has 1 aromatic carbocycles. The fraction of sp³-hybridized carbons (Fsp3) is 0.538. The van der Waals surface area contributed by atoms with Crippen LogP contribution >= 0.6 is 12.4 Å². The molecule has 0 aliphatic heterocycles. The van der Waals surface area contributed by atoms with Crippen LogP contribution in [-0.2, 0) is 6.54 Å². The average Bonchev–Trinajstić information content (AvgIpc) is 2.25. The highest BCUT2D eigenvalue weighted by Crippen LogP contribution is 1.99. The van der Waals surface area contributed by atoms with Gasteiger partial charge in [-0.2, -0.15) is 0 Å². The molecule has 0 heterocycles. The summed E-state index contributed by atoms with van der Waals surface area (Å²) in [6.45, 7) is 4.40. The van der Waals surface area contributed by atoms with E-state index < -0.39 is 0 Å². The standard InChI is InChI=1S/C13H21N.ClH/c1-2-3-4-8-11-14-12-13-9-6-5-7-10-13;/h5-7,9-10,14H,2-4,8,11-12H2,1H3;1H. The molecule has 0 aromatic heterocycles. The molecule has 15 heavy (non-hydrogen) atoms. The van der Waals surface area contributed by atoms with Crippen LogP contribution in [0.3, 0.4) is 0 Å². The van der Waals surface area contributed by atoms with Gasteiger partial charge in [-0.25, -0.2) is 0 Å². The first-order valence-corrected chi connectivity index (χ1v) is 5.68. The van der Waals surface area contributed by atoms with Crippen LogP contribution in [0.25, 0.3) is 0 Å². The zero-order valence-electron chi connectivity index (χ0n) is 9.54. The highest BCUT2D eigenvalue weighted by atomic mass is 35.5. The highest BCUT2D eigenvalue weighted by Gasteiger charge is 1.90. The maximum Gasteiger partial charge on any atom is 0.0205 e. The molecule has 0 radical (unpaired) electrons. The Kier molecular flexibility index (Phi) is 9.65. The summed E-state index contributed by atoms with van der Waals surface area (Å²) in [4.78, 5) is 0. The van der Waals surface area contributed by atoms with Crippen molar-refractivity contribution in [2.75, 3.05) is 6.54 Å². The monoisotopic (exact) mass is 227 g/mol. The molecule has 0 aliphatic carbocycles. The lowest BCUT2D eigenvalue weighted by molar-refractivity contribution is 0.598. The van der Waals surface area contributed by atoms with Crippen LogP contribution in [0.1, 0.15) is 38.2 Å². The SMILES string of the molecule is CCCCCCNCc1ccccc1.Cl. The van der Waals surface area contributed by atoms with Gasteiger partial charge in [-0.3, -0.25) is 0 Å². The third kappa shape index (κ3) is 7.40. The Balaban J connectivity index is 0.00000196. The number of rotatable bonds is 7. The van der Waals surface area contributed by atoms with E-state index in [-0.39, 0.29) is 12.4 Å². The zero-order chi connectivity index (χ0) is 10.1. The van der Waals surface area contributed by atoms with Gasteiger partial charge in [0.1, 0.15) is 0 Å². The van der Waals surface area contributed by atoms with Crippen LogP contribution in [0.4, 0.5) is 0 Å². The van der Waals surface area contributed by atoms with Crippen molar-refractivity contribution in [3.63, 3.8) is 0 Å². The summed E-state index contributed by atoms with van der Waals surface area (Å²) in [5, 5.41) is 3.46. The first kappa shape index (κ1) is 14.5. The van der Waals surface area contributed by atoms with Crippen molar-refractivity contribution in [3.8, 4) is 0 Å². The number of hydrogen-bond donors (Lipinski definition) is 1. The normalized spacial score (nSPS) is 9.67. The molecule has 0 aliphatic rings. The van der Waals surface area contributed by atoms with Crippen molar-refractivity contribution >= 4 is 12.4 Å². The molecule has 2 heteroatoms. The molecule has 0 spiro atoms. The minimum absolute atomic E-state index is 0. The quantitative estimate of drug-likeness (QED) is 0.700. The van der Waals surface area contributed by atoms with E-state index in [9.17, 15) is 0 Å². The van der Waals surface area contributed by atoms with Crippen molar-refractivity contribution in [1.29, 1.82) is 0 Å². The molecule has 86 valence electrons. The topological polar surface area (TPSA) is 12.0 Å². The average molecular weight is 228 g/mol. The van der Waals surface area contributed by atoms with E-state index >= 15 is 0 Å². The van der Waals surface area contributed by atoms with E-state index in [4.69, 9.17) is 0 Å². The summed E-state index contributed by atoms with van der Waals surface area (Å²) in [5.41, 5.74) is 1.38. The van der Waals surface area contributed by atoms with E-state index in [1.807, 2.05) is 0 Å². The molecule has 1 aromatic rings. The largest absolute Gasteiger partial charge is 0.313 e. The van der Waals surface area contributed by atoms with Crippen molar-refractivity contribution in [3.05, 3.63) is 35.9 Å². The van der Waals surface area contributed by atoms with E-state index in [1.165, 1.54) is 31.2 Å². The van der Waals surface area contributed by atoms with Crippen molar-refractivity contribution in [2.24, 2.45) is 0 Å². The van der Waals surface area contributed by atoms with E-state index in [2.05, 4.69) is 42.6 Å². The lowest BCUT2D eigenvalue weighted by Crippen LogP contribution is -2.14. The van der Waals surface area contributed by atoms with Crippen LogP contribution in [0.15, 0.2) is 30.3 Å². The Morgan fingerprint density at radius 2 is 1.73 bits per heavy atom. The second-order valence-corrected chi connectivity index (χ2v) is 3.72. The Morgan fingerprint density at radius 1 is 1.00 bits per heavy atom. The minimum atomic E-state index is 0. The summed E-state index contributed by atoms with van der Waals surface area (Å²) < 4.78 is 0. The molecule has 0 fully saturated rings. The molecular formula is C13H22ClN. The van der Waals surface area contributed by atoms with E-state index in [1.54, 1.807) is 0 Å². The number of halogens is 1. The van der Waals surface area contributed by atoms with Crippen molar-refractivity contribution in [1.82, 2.24) is 5.32 Å². The Hall–Kier alpha value is -0.530. The lowest BCUT2D eigenvalue weighted by atomic mass is 10.2. The maximum absolute atomic E-state index is 3.46. The smallest absolute Gasteiger partial charge is 0.0205 e. The molecule has 0 bridgehead atoms. The van der Waals surface area contributed by atoms with Crippen LogP contribution in [0, 0.1) is 0 Å². The first-order valence-electron chi connectivity index (χ1n) is 5.68. The molecule has 0 amide bonds. The number of hydrogen-bond acceptors (Lipinski definition) is 1. The molecule has 0 unspecified atom stereocenters. The van der Waals surface area contributed by atoms with Crippen molar-refractivity contribution in [2.45, 2.75) is 39.2 Å². The predicted molar refractivity (Wildman–Crippen MR) is 69.5 cm³/mol. The van der Waals surface area contributed by atoms with Crippen LogP contribution in [0.2, 0.25) is 0 Å². The summed E-state index contributed by atoms with van der Waals surface area (Å²) in [6.07, 6.45) is 5.35. The van der Waals surface area contributed by atoms with Gasteiger partial charge in [-0.1, -0.05) is 56.5 Å². The molecule has 0 atom stereocenters. The lowest BCUT2D eigenvalue weighted by Gasteiger charge is -2.04. The third-order valence-electron chi connectivity index (χ3n) is 2.38. The van der Waals surface area contributed by atoms with Crippen LogP contribution in [-0.4, -0.2) is 6.54 Å². The fourth-order valence-corrected chi connectivity index (χ4v) is 1.51. The zero-order valence-corrected chi connectivity index (χ0v) is 10.4. The Bertz CT molecular complexity index is 223. The molecular weight excluding hydrogens is 206 g/mol. The molecule has 0 saturated heterocycles. The fourth-order valence-electron chi connectivity index (χ4n) is 1.51. The molecule has 1 rings (SSSR count). The molecule has 1 N–H and O–H groups in total. The van der Waals surface area contributed by atoms with Gasteiger partial charge in [-0.15, -0.1) is 12.4 Å². The van der Waals surface area contributed by atoms with Gasteiger partial charge in [0.05, 0.1) is 0 Å². The van der Waals surface area contributed by atoms with Crippen LogP contribution < -0.4 is 5.32 Å². The number of nitrogens with one attached hydrogen (secondary N) is 1. The van der Waals surface area contributed by atoms with Gasteiger partial charge < -0.3 is 5.32 Å². The van der Waals surface area contributed by atoms with E-state index in [0.29, 0.717) is 0 Å². The minimum Gasteiger partial charge on any atom is -0.313 e. The summed E-state index contributed by atoms with van der Waals surface area (Å²) >= 11 is 0. The van der Waals surface area contributed by atoms with Gasteiger partial charge in [0.15, 0.2) is 0 Å².